The van der Waals surface area contributed by atoms with Gasteiger partial charge in [0.1, 0.15) is 5.75 Å². The fraction of sp³-hybridized carbons (Fsp3) is 0.214. The molecule has 2 unspecified atom stereocenters. The number of aryl methyl sites for hydroxylation is 2. The van der Waals surface area contributed by atoms with Gasteiger partial charge in [0.2, 0.25) is 0 Å². The van der Waals surface area contributed by atoms with Crippen LogP contribution in [0.4, 0.5) is 5.69 Å². The molecule has 1 N–H and O–H groups in total. The molecule has 4 aromatic rings. The molecule has 0 amide bonds. The maximum absolute atomic E-state index is 5.88. The molecule has 0 aliphatic carbocycles. The van der Waals surface area contributed by atoms with Crippen molar-refractivity contribution in [2.75, 3.05) is 12.0 Å². The van der Waals surface area contributed by atoms with Gasteiger partial charge in [-0.2, -0.15) is 0 Å². The van der Waals surface area contributed by atoms with Gasteiger partial charge in [-0.05, 0) is 81.0 Å². The SMILES string of the molecule is COc1cccc(-n2c(C)cc(C3C(c4ccccn4)NC(=S)N3c3ccc(C)cc3)c2C)c1. The highest BCUT2D eigenvalue weighted by atomic mass is 32.1. The first-order chi connectivity index (χ1) is 16.5. The molecule has 1 aliphatic heterocycles. The number of hydrogen-bond donors (Lipinski definition) is 1. The van der Waals surface area contributed by atoms with Crippen LogP contribution in [0.2, 0.25) is 0 Å². The molecular weight excluding hydrogens is 440 g/mol. The van der Waals surface area contributed by atoms with Gasteiger partial charge in [-0.15, -0.1) is 0 Å². The number of anilines is 1. The van der Waals surface area contributed by atoms with E-state index in [0.29, 0.717) is 5.11 Å². The molecule has 5 rings (SSSR count). The molecule has 5 nitrogen and oxygen atoms in total. The molecule has 2 aromatic carbocycles. The molecule has 1 saturated heterocycles. The molecule has 34 heavy (non-hydrogen) atoms. The van der Waals surface area contributed by atoms with Crippen molar-refractivity contribution in [2.45, 2.75) is 32.9 Å². The van der Waals surface area contributed by atoms with Gasteiger partial charge in [0.15, 0.2) is 5.11 Å². The lowest BCUT2D eigenvalue weighted by Crippen LogP contribution is -2.29. The van der Waals surface area contributed by atoms with Crippen molar-refractivity contribution >= 4 is 23.0 Å². The number of aromatic nitrogens is 2. The molecule has 1 fully saturated rings. The Labute approximate surface area is 206 Å². The minimum atomic E-state index is -0.0748. The fourth-order valence-electron chi connectivity index (χ4n) is 4.89. The van der Waals surface area contributed by atoms with Crippen molar-refractivity contribution in [1.29, 1.82) is 0 Å². The number of pyridine rings is 1. The van der Waals surface area contributed by atoms with Crippen LogP contribution >= 0.6 is 12.2 Å². The molecular formula is C28H28N4OS. The zero-order chi connectivity index (χ0) is 23.8. The number of methoxy groups -OCH3 is 1. The minimum absolute atomic E-state index is 0.0457. The molecule has 1 aliphatic rings. The van der Waals surface area contributed by atoms with Crippen molar-refractivity contribution in [1.82, 2.24) is 14.9 Å². The summed E-state index contributed by atoms with van der Waals surface area (Å²) < 4.78 is 7.76. The van der Waals surface area contributed by atoms with Crippen molar-refractivity contribution in [3.8, 4) is 11.4 Å². The average molecular weight is 469 g/mol. The summed E-state index contributed by atoms with van der Waals surface area (Å²) in [5.41, 5.74) is 7.86. The van der Waals surface area contributed by atoms with E-state index in [9.17, 15) is 0 Å². The zero-order valence-corrected chi connectivity index (χ0v) is 20.6. The normalized spacial score (nSPS) is 17.6. The summed E-state index contributed by atoms with van der Waals surface area (Å²) in [6.07, 6.45) is 1.84. The standard InChI is InChI=1S/C28H28N4OS/c1-18-11-13-21(14-12-18)32-27(26(30-28(32)34)25-10-5-6-15-29-25)24-16-19(2)31(20(24)3)22-8-7-9-23(17-22)33-4/h5-17,26-27H,1-4H3,(H,30,34). The fourth-order valence-corrected chi connectivity index (χ4v) is 5.23. The lowest BCUT2D eigenvalue weighted by Gasteiger charge is -2.28. The monoisotopic (exact) mass is 468 g/mol. The van der Waals surface area contributed by atoms with E-state index in [4.69, 9.17) is 17.0 Å². The number of nitrogens with zero attached hydrogens (tertiary/aromatic N) is 3. The highest BCUT2D eigenvalue weighted by Gasteiger charge is 2.42. The Kier molecular flexibility index (Phi) is 5.84. The molecule has 2 atom stereocenters. The maximum atomic E-state index is 5.88. The van der Waals surface area contributed by atoms with E-state index >= 15 is 0 Å². The van der Waals surface area contributed by atoms with E-state index in [2.05, 4.69) is 89.1 Å². The Morgan fingerprint density at radius 1 is 0.912 bits per heavy atom. The summed E-state index contributed by atoms with van der Waals surface area (Å²) in [6.45, 7) is 6.41. The van der Waals surface area contributed by atoms with Crippen LogP contribution in [0, 0.1) is 20.8 Å². The smallest absolute Gasteiger partial charge is 0.174 e. The highest BCUT2D eigenvalue weighted by molar-refractivity contribution is 7.80. The van der Waals surface area contributed by atoms with Gasteiger partial charge < -0.3 is 19.5 Å². The molecule has 0 radical (unpaired) electrons. The second-order valence-corrected chi connectivity index (χ2v) is 9.08. The van der Waals surface area contributed by atoms with Crippen LogP contribution in [0.3, 0.4) is 0 Å². The summed E-state index contributed by atoms with van der Waals surface area (Å²) in [5, 5.41) is 4.27. The Morgan fingerprint density at radius 2 is 1.71 bits per heavy atom. The van der Waals surface area contributed by atoms with Gasteiger partial charge in [0.25, 0.3) is 0 Å². The molecule has 3 heterocycles. The average Bonchev–Trinajstić information content (AvgIpc) is 3.35. The Balaban J connectivity index is 1.67. The number of rotatable bonds is 5. The first-order valence-corrected chi connectivity index (χ1v) is 11.8. The predicted octanol–water partition coefficient (Wildman–Crippen LogP) is 5.98. The number of ether oxygens (including phenoxy) is 1. The summed E-state index contributed by atoms with van der Waals surface area (Å²) in [7, 11) is 1.70. The third-order valence-corrected chi connectivity index (χ3v) is 6.83. The second-order valence-electron chi connectivity index (χ2n) is 8.70. The molecule has 6 heteroatoms. The largest absolute Gasteiger partial charge is 0.497 e. The summed E-state index contributed by atoms with van der Waals surface area (Å²) in [6, 6.07) is 24.9. The number of benzene rings is 2. The van der Waals surface area contributed by atoms with E-state index in [-0.39, 0.29) is 12.1 Å². The van der Waals surface area contributed by atoms with Gasteiger partial charge in [-0.3, -0.25) is 4.98 Å². The Hall–Kier alpha value is -3.64. The van der Waals surface area contributed by atoms with Crippen LogP contribution in [0.5, 0.6) is 5.75 Å². The van der Waals surface area contributed by atoms with Crippen LogP contribution < -0.4 is 15.0 Å². The first kappa shape index (κ1) is 22.2. The van der Waals surface area contributed by atoms with Crippen molar-refractivity contribution < 1.29 is 4.74 Å². The van der Waals surface area contributed by atoms with Crippen LogP contribution in [-0.4, -0.2) is 21.8 Å². The van der Waals surface area contributed by atoms with Crippen molar-refractivity contribution in [2.24, 2.45) is 0 Å². The van der Waals surface area contributed by atoms with Gasteiger partial charge >= 0.3 is 0 Å². The lowest BCUT2D eigenvalue weighted by atomic mass is 9.96. The Bertz CT molecular complexity index is 1330. The first-order valence-electron chi connectivity index (χ1n) is 11.4. The topological polar surface area (TPSA) is 42.3 Å². The van der Waals surface area contributed by atoms with E-state index in [1.807, 2.05) is 30.5 Å². The van der Waals surface area contributed by atoms with Crippen LogP contribution in [0.15, 0.2) is 79.0 Å². The van der Waals surface area contributed by atoms with Crippen molar-refractivity contribution in [3.63, 3.8) is 0 Å². The molecule has 0 saturated carbocycles. The number of nitrogens with one attached hydrogen (secondary N) is 1. The quantitative estimate of drug-likeness (QED) is 0.365. The second kappa shape index (κ2) is 8.95. The predicted molar refractivity (Wildman–Crippen MR) is 141 cm³/mol. The van der Waals surface area contributed by atoms with Gasteiger partial charge in [-0.25, -0.2) is 0 Å². The highest BCUT2D eigenvalue weighted by Crippen LogP contribution is 2.43. The van der Waals surface area contributed by atoms with E-state index < -0.39 is 0 Å². The summed E-state index contributed by atoms with van der Waals surface area (Å²) >= 11 is 5.88. The number of hydrogen-bond acceptors (Lipinski definition) is 3. The van der Waals surface area contributed by atoms with E-state index in [1.54, 1.807) is 7.11 Å². The third kappa shape index (κ3) is 3.84. The van der Waals surface area contributed by atoms with Crippen LogP contribution in [0.25, 0.3) is 5.69 Å². The van der Waals surface area contributed by atoms with Gasteiger partial charge in [0, 0.05) is 35.0 Å². The molecule has 0 bridgehead atoms. The minimum Gasteiger partial charge on any atom is -0.497 e. The van der Waals surface area contributed by atoms with Gasteiger partial charge in [0.05, 0.1) is 24.9 Å². The third-order valence-electron chi connectivity index (χ3n) is 6.51. The van der Waals surface area contributed by atoms with E-state index in [1.165, 1.54) is 16.8 Å². The number of thiocarbonyl (C=S) groups is 1. The van der Waals surface area contributed by atoms with Crippen LogP contribution in [0.1, 0.15) is 40.3 Å². The van der Waals surface area contributed by atoms with Gasteiger partial charge in [-0.1, -0.05) is 29.8 Å². The molecule has 172 valence electrons. The van der Waals surface area contributed by atoms with E-state index in [0.717, 1.165) is 28.5 Å². The summed E-state index contributed by atoms with van der Waals surface area (Å²) in [4.78, 5) is 6.91. The lowest BCUT2D eigenvalue weighted by molar-refractivity contribution is 0.414. The Morgan fingerprint density at radius 3 is 2.41 bits per heavy atom. The maximum Gasteiger partial charge on any atom is 0.174 e. The zero-order valence-electron chi connectivity index (χ0n) is 19.8. The molecule has 2 aromatic heterocycles. The molecule has 0 spiro atoms. The summed E-state index contributed by atoms with van der Waals surface area (Å²) in [5.74, 6) is 0.836. The van der Waals surface area contributed by atoms with Crippen LogP contribution in [-0.2, 0) is 0 Å². The van der Waals surface area contributed by atoms with Crippen molar-refractivity contribution in [3.05, 3.63) is 107 Å².